The summed E-state index contributed by atoms with van der Waals surface area (Å²) in [6.45, 7) is 0.508. The molecule has 0 aliphatic rings. The predicted molar refractivity (Wildman–Crippen MR) is 75.7 cm³/mol. The van der Waals surface area contributed by atoms with Crippen LogP contribution >= 0.6 is 0 Å². The van der Waals surface area contributed by atoms with Gasteiger partial charge in [0.2, 0.25) is 5.56 Å². The highest BCUT2D eigenvalue weighted by molar-refractivity contribution is 5.92. The molecule has 0 bridgehead atoms. The highest BCUT2D eigenvalue weighted by Crippen LogP contribution is 2.26. The zero-order chi connectivity index (χ0) is 13.2. The first-order chi connectivity index (χ1) is 9.28. The molecule has 0 saturated heterocycles. The van der Waals surface area contributed by atoms with Crippen molar-refractivity contribution in [3.05, 3.63) is 64.6 Å². The molecule has 3 aromatic rings. The van der Waals surface area contributed by atoms with Gasteiger partial charge in [-0.25, -0.2) is 4.98 Å². The number of nitrogens with one attached hydrogen (secondary N) is 1. The van der Waals surface area contributed by atoms with Crippen LogP contribution in [-0.4, -0.2) is 9.97 Å². The fraction of sp³-hybridized carbons (Fsp3) is 0.0667. The van der Waals surface area contributed by atoms with Crippen LogP contribution in [0.2, 0.25) is 0 Å². The Kier molecular flexibility index (Phi) is 2.85. The molecule has 0 unspecified atom stereocenters. The van der Waals surface area contributed by atoms with Crippen molar-refractivity contribution in [2.75, 3.05) is 0 Å². The number of H-pyrrole nitrogens is 1. The summed E-state index contributed by atoms with van der Waals surface area (Å²) in [6.07, 6.45) is 1.70. The summed E-state index contributed by atoms with van der Waals surface area (Å²) in [7, 11) is 0. The van der Waals surface area contributed by atoms with Gasteiger partial charge in [0.15, 0.2) is 0 Å². The van der Waals surface area contributed by atoms with E-state index < -0.39 is 0 Å². The molecular formula is C15H13N3O. The number of aromatic nitrogens is 2. The molecule has 4 nitrogen and oxygen atoms in total. The minimum atomic E-state index is -0.146. The summed E-state index contributed by atoms with van der Waals surface area (Å²) in [4.78, 5) is 18.2. The lowest BCUT2D eigenvalue weighted by Crippen LogP contribution is -2.04. The summed E-state index contributed by atoms with van der Waals surface area (Å²) < 4.78 is 0. The van der Waals surface area contributed by atoms with Gasteiger partial charge in [-0.15, -0.1) is 0 Å². The van der Waals surface area contributed by atoms with Crippen molar-refractivity contribution in [3.8, 4) is 11.1 Å². The van der Waals surface area contributed by atoms with Gasteiger partial charge in [-0.2, -0.15) is 0 Å². The topological polar surface area (TPSA) is 71.8 Å². The lowest BCUT2D eigenvalue weighted by Gasteiger charge is -2.07. The van der Waals surface area contributed by atoms with Crippen LogP contribution in [0.3, 0.4) is 0 Å². The normalized spacial score (nSPS) is 10.8. The lowest BCUT2D eigenvalue weighted by atomic mass is 10.0. The molecule has 2 aromatic heterocycles. The van der Waals surface area contributed by atoms with Crippen molar-refractivity contribution in [2.45, 2.75) is 6.54 Å². The molecule has 0 aliphatic carbocycles. The molecule has 94 valence electrons. The van der Waals surface area contributed by atoms with Crippen LogP contribution in [0.1, 0.15) is 5.56 Å². The fourth-order valence-electron chi connectivity index (χ4n) is 2.18. The average Bonchev–Trinajstić information content (AvgIpc) is 2.46. The summed E-state index contributed by atoms with van der Waals surface area (Å²) in [5.41, 5.74) is 9.31. The monoisotopic (exact) mass is 251 g/mol. The minimum absolute atomic E-state index is 0.146. The molecule has 0 spiro atoms. The van der Waals surface area contributed by atoms with Crippen molar-refractivity contribution in [2.24, 2.45) is 5.73 Å². The second-order valence-electron chi connectivity index (χ2n) is 4.35. The highest BCUT2D eigenvalue weighted by atomic mass is 16.1. The third-order valence-corrected chi connectivity index (χ3v) is 3.11. The summed E-state index contributed by atoms with van der Waals surface area (Å²) in [5, 5.41) is 0.927. The predicted octanol–water partition coefficient (Wildman–Crippen LogP) is 2.05. The molecule has 3 N–H and O–H groups in total. The largest absolute Gasteiger partial charge is 0.326 e. The number of nitrogens with two attached hydrogens (primary N) is 1. The summed E-state index contributed by atoms with van der Waals surface area (Å²) in [5.74, 6) is 0. The number of aromatic amines is 1. The molecule has 3 rings (SSSR count). The molecule has 0 saturated carbocycles. The van der Waals surface area contributed by atoms with Gasteiger partial charge in [0.25, 0.3) is 0 Å². The number of rotatable bonds is 2. The number of fused-ring (bicyclic) bond motifs is 1. The molecular weight excluding hydrogens is 238 g/mol. The Labute approximate surface area is 109 Å². The first kappa shape index (κ1) is 11.6. The third-order valence-electron chi connectivity index (χ3n) is 3.11. The van der Waals surface area contributed by atoms with Crippen LogP contribution in [0, 0.1) is 0 Å². The minimum Gasteiger partial charge on any atom is -0.326 e. The van der Waals surface area contributed by atoms with E-state index in [1.807, 2.05) is 24.3 Å². The Bertz CT molecular complexity index is 792. The van der Waals surface area contributed by atoms with Crippen molar-refractivity contribution in [1.29, 1.82) is 0 Å². The van der Waals surface area contributed by atoms with E-state index >= 15 is 0 Å². The van der Waals surface area contributed by atoms with E-state index in [1.54, 1.807) is 12.3 Å². The van der Waals surface area contributed by atoms with Gasteiger partial charge >= 0.3 is 0 Å². The Hall–Kier alpha value is -2.46. The Balaban J connectivity index is 2.27. The molecule has 0 aliphatic heterocycles. The second-order valence-corrected chi connectivity index (χ2v) is 4.35. The van der Waals surface area contributed by atoms with Gasteiger partial charge in [0.05, 0.1) is 0 Å². The third kappa shape index (κ3) is 2.13. The van der Waals surface area contributed by atoms with Gasteiger partial charge in [-0.05, 0) is 34.9 Å². The molecule has 2 heterocycles. The SMILES string of the molecule is NCc1cccc(-c2ccnc3[nH]c(=O)ccc23)c1. The van der Waals surface area contributed by atoms with E-state index in [0.29, 0.717) is 12.2 Å². The standard InChI is InChI=1S/C15H13N3O/c16-9-10-2-1-3-11(8-10)12-6-7-17-15-13(12)4-5-14(19)18-15/h1-8H,9,16H2,(H,17,18,19). The Morgan fingerprint density at radius 3 is 2.89 bits per heavy atom. The molecule has 0 fully saturated rings. The molecule has 0 amide bonds. The Morgan fingerprint density at radius 2 is 2.05 bits per heavy atom. The summed E-state index contributed by atoms with van der Waals surface area (Å²) in [6, 6.07) is 13.3. The maximum Gasteiger partial charge on any atom is 0.249 e. The van der Waals surface area contributed by atoms with Crippen molar-refractivity contribution >= 4 is 11.0 Å². The van der Waals surface area contributed by atoms with Crippen LogP contribution in [0.4, 0.5) is 0 Å². The van der Waals surface area contributed by atoms with Crippen molar-refractivity contribution < 1.29 is 0 Å². The highest BCUT2D eigenvalue weighted by Gasteiger charge is 2.05. The number of benzene rings is 1. The van der Waals surface area contributed by atoms with E-state index in [0.717, 1.165) is 22.1 Å². The lowest BCUT2D eigenvalue weighted by molar-refractivity contribution is 1.07. The van der Waals surface area contributed by atoms with Crippen LogP contribution < -0.4 is 11.3 Å². The number of hydrogen-bond acceptors (Lipinski definition) is 3. The molecule has 4 heteroatoms. The van der Waals surface area contributed by atoms with Gasteiger partial charge in [0.1, 0.15) is 5.65 Å². The number of hydrogen-bond donors (Lipinski definition) is 2. The molecule has 1 aromatic carbocycles. The molecule has 0 atom stereocenters. The first-order valence-electron chi connectivity index (χ1n) is 6.05. The van der Waals surface area contributed by atoms with Crippen molar-refractivity contribution in [3.63, 3.8) is 0 Å². The average molecular weight is 251 g/mol. The van der Waals surface area contributed by atoms with Crippen LogP contribution in [-0.2, 0) is 6.54 Å². The van der Waals surface area contributed by atoms with Crippen LogP contribution in [0.25, 0.3) is 22.2 Å². The summed E-state index contributed by atoms with van der Waals surface area (Å²) >= 11 is 0. The van der Waals surface area contributed by atoms with E-state index in [2.05, 4.69) is 16.0 Å². The number of nitrogens with zero attached hydrogens (tertiary/aromatic N) is 1. The van der Waals surface area contributed by atoms with Crippen LogP contribution in [0.15, 0.2) is 53.5 Å². The number of pyridine rings is 2. The van der Waals surface area contributed by atoms with E-state index in [9.17, 15) is 4.79 Å². The van der Waals surface area contributed by atoms with Gasteiger partial charge in [0, 0.05) is 24.2 Å². The van der Waals surface area contributed by atoms with E-state index in [4.69, 9.17) is 5.73 Å². The van der Waals surface area contributed by atoms with E-state index in [1.165, 1.54) is 6.07 Å². The maximum atomic E-state index is 11.3. The van der Waals surface area contributed by atoms with Gasteiger partial charge in [-0.1, -0.05) is 18.2 Å². The smallest absolute Gasteiger partial charge is 0.249 e. The van der Waals surface area contributed by atoms with E-state index in [-0.39, 0.29) is 5.56 Å². The van der Waals surface area contributed by atoms with Gasteiger partial charge in [-0.3, -0.25) is 4.79 Å². The maximum absolute atomic E-state index is 11.3. The second kappa shape index (κ2) is 4.66. The fourth-order valence-corrected chi connectivity index (χ4v) is 2.18. The quantitative estimate of drug-likeness (QED) is 0.732. The van der Waals surface area contributed by atoms with Crippen molar-refractivity contribution in [1.82, 2.24) is 9.97 Å². The Morgan fingerprint density at radius 1 is 1.16 bits per heavy atom. The zero-order valence-electron chi connectivity index (χ0n) is 10.3. The van der Waals surface area contributed by atoms with Crippen LogP contribution in [0.5, 0.6) is 0 Å². The zero-order valence-corrected chi connectivity index (χ0v) is 10.3. The molecule has 0 radical (unpaired) electrons. The molecule has 19 heavy (non-hydrogen) atoms. The first-order valence-corrected chi connectivity index (χ1v) is 6.05. The van der Waals surface area contributed by atoms with Gasteiger partial charge < -0.3 is 10.7 Å².